The average molecular weight is 190 g/mol. The Hall–Kier alpha value is -0.930. The third-order valence-electron chi connectivity index (χ3n) is 1.52. The molecule has 0 fully saturated rings. The summed E-state index contributed by atoms with van der Waals surface area (Å²) in [6.07, 6.45) is -0.355. The first-order valence-corrected chi connectivity index (χ1v) is 4.40. The van der Waals surface area contributed by atoms with Gasteiger partial charge in [-0.1, -0.05) is 13.3 Å². The molecule has 0 spiro atoms. The van der Waals surface area contributed by atoms with Crippen LogP contribution in [-0.2, 0) is 14.3 Å². The van der Waals surface area contributed by atoms with Crippen LogP contribution in [0.5, 0.6) is 0 Å². The van der Waals surface area contributed by atoms with Gasteiger partial charge in [0.25, 0.3) is 0 Å². The molecule has 76 valence electrons. The summed E-state index contributed by atoms with van der Waals surface area (Å²) in [7, 11) is 0. The van der Waals surface area contributed by atoms with Gasteiger partial charge in [-0.15, -0.1) is 0 Å². The number of esters is 1. The van der Waals surface area contributed by atoms with Gasteiger partial charge in [-0.05, 0) is 13.3 Å². The van der Waals surface area contributed by atoms with Gasteiger partial charge in [-0.25, -0.2) is 4.39 Å². The number of hydrogen-bond donors (Lipinski definition) is 0. The van der Waals surface area contributed by atoms with Crippen molar-refractivity contribution in [2.45, 2.75) is 39.3 Å². The first-order chi connectivity index (χ1) is 6.07. The highest BCUT2D eigenvalue weighted by atomic mass is 19.1. The zero-order valence-corrected chi connectivity index (χ0v) is 8.01. The number of carbonyl (C=O) groups is 2. The van der Waals surface area contributed by atoms with E-state index in [0.717, 1.165) is 19.8 Å². The monoisotopic (exact) mass is 190 g/mol. The van der Waals surface area contributed by atoms with Crippen LogP contribution in [-0.4, -0.2) is 24.5 Å². The Morgan fingerprint density at radius 2 is 2.08 bits per heavy atom. The fourth-order valence-corrected chi connectivity index (χ4v) is 0.664. The highest BCUT2D eigenvalue weighted by molar-refractivity contribution is 5.97. The number of ketones is 1. The van der Waals surface area contributed by atoms with Crippen LogP contribution in [0.25, 0.3) is 0 Å². The highest BCUT2D eigenvalue weighted by Gasteiger charge is 2.16. The van der Waals surface area contributed by atoms with E-state index in [9.17, 15) is 14.0 Å². The van der Waals surface area contributed by atoms with Crippen molar-refractivity contribution in [3.05, 3.63) is 0 Å². The smallest absolute Gasteiger partial charge is 0.313 e. The van der Waals surface area contributed by atoms with Gasteiger partial charge in [-0.2, -0.15) is 0 Å². The molecule has 0 radical (unpaired) electrons. The van der Waals surface area contributed by atoms with Crippen LogP contribution in [0.1, 0.15) is 33.1 Å². The molecule has 0 aliphatic carbocycles. The van der Waals surface area contributed by atoms with Gasteiger partial charge in [0.05, 0.1) is 6.61 Å². The van der Waals surface area contributed by atoms with Crippen molar-refractivity contribution in [3.63, 3.8) is 0 Å². The molecule has 0 aromatic carbocycles. The predicted molar refractivity (Wildman–Crippen MR) is 46.1 cm³/mol. The van der Waals surface area contributed by atoms with Crippen LogP contribution in [0.15, 0.2) is 0 Å². The normalized spacial score (nSPS) is 12.2. The Labute approximate surface area is 77.3 Å². The molecule has 4 heteroatoms. The maximum Gasteiger partial charge on any atom is 0.313 e. The lowest BCUT2D eigenvalue weighted by Gasteiger charge is -2.03. The minimum absolute atomic E-state index is 0.309. The summed E-state index contributed by atoms with van der Waals surface area (Å²) < 4.78 is 17.0. The number of unbranched alkanes of at least 4 members (excludes halogenated alkanes) is 1. The second kappa shape index (κ2) is 6.57. The number of rotatable bonds is 6. The van der Waals surface area contributed by atoms with E-state index >= 15 is 0 Å². The lowest BCUT2D eigenvalue weighted by molar-refractivity contribution is -0.147. The molecule has 0 amide bonds. The summed E-state index contributed by atoms with van der Waals surface area (Å²) >= 11 is 0. The summed E-state index contributed by atoms with van der Waals surface area (Å²) in [6.45, 7) is 3.38. The average Bonchev–Trinajstić information content (AvgIpc) is 2.04. The standard InChI is InChI=1S/C9H15FO3/c1-3-4-5-13-9(12)6-8(11)7(2)10/h7H,3-6H2,1-2H3. The van der Waals surface area contributed by atoms with Gasteiger partial charge in [0.15, 0.2) is 12.0 Å². The van der Waals surface area contributed by atoms with Crippen molar-refractivity contribution in [2.24, 2.45) is 0 Å². The number of alkyl halides is 1. The molecule has 0 saturated carbocycles. The first kappa shape index (κ1) is 12.1. The largest absolute Gasteiger partial charge is 0.465 e. The molecule has 1 unspecified atom stereocenters. The molecule has 0 N–H and O–H groups in total. The van der Waals surface area contributed by atoms with Crippen LogP contribution in [0, 0.1) is 0 Å². The fourth-order valence-electron chi connectivity index (χ4n) is 0.664. The van der Waals surface area contributed by atoms with E-state index in [-0.39, 0.29) is 0 Å². The molecule has 0 heterocycles. The summed E-state index contributed by atoms with van der Waals surface area (Å²) in [5.74, 6) is -1.36. The van der Waals surface area contributed by atoms with E-state index in [1.807, 2.05) is 6.92 Å². The van der Waals surface area contributed by atoms with Crippen LogP contribution >= 0.6 is 0 Å². The van der Waals surface area contributed by atoms with Gasteiger partial charge in [-0.3, -0.25) is 9.59 Å². The predicted octanol–water partition coefficient (Wildman–Crippen LogP) is 1.65. The molecular weight excluding hydrogens is 175 g/mol. The van der Waals surface area contributed by atoms with E-state index in [1.165, 1.54) is 0 Å². The van der Waals surface area contributed by atoms with E-state index < -0.39 is 24.3 Å². The van der Waals surface area contributed by atoms with Crippen LogP contribution < -0.4 is 0 Å². The molecule has 1 atom stereocenters. The zero-order valence-electron chi connectivity index (χ0n) is 8.01. The molecule has 0 aromatic rings. The molecule has 0 aliphatic heterocycles. The Bertz CT molecular complexity index is 178. The lowest BCUT2D eigenvalue weighted by atomic mass is 10.2. The van der Waals surface area contributed by atoms with E-state index in [1.54, 1.807) is 0 Å². The Morgan fingerprint density at radius 1 is 1.46 bits per heavy atom. The van der Waals surface area contributed by atoms with E-state index in [0.29, 0.717) is 6.61 Å². The summed E-state index contributed by atoms with van der Waals surface area (Å²) in [4.78, 5) is 21.5. The first-order valence-electron chi connectivity index (χ1n) is 4.40. The highest BCUT2D eigenvalue weighted by Crippen LogP contribution is 1.98. The minimum Gasteiger partial charge on any atom is -0.465 e. The maximum atomic E-state index is 12.3. The fraction of sp³-hybridized carbons (Fsp3) is 0.778. The van der Waals surface area contributed by atoms with Crippen LogP contribution in [0.2, 0.25) is 0 Å². The van der Waals surface area contributed by atoms with Gasteiger partial charge < -0.3 is 4.74 Å². The molecule has 0 saturated heterocycles. The second-order valence-electron chi connectivity index (χ2n) is 2.83. The number of carbonyl (C=O) groups excluding carboxylic acids is 2. The van der Waals surface area contributed by atoms with Gasteiger partial charge in [0, 0.05) is 0 Å². The number of hydrogen-bond acceptors (Lipinski definition) is 3. The lowest BCUT2D eigenvalue weighted by Crippen LogP contribution is -2.18. The SMILES string of the molecule is CCCCOC(=O)CC(=O)C(C)F. The quantitative estimate of drug-likeness (QED) is 0.363. The molecule has 0 aliphatic rings. The Balaban J connectivity index is 3.56. The van der Waals surface area contributed by atoms with Gasteiger partial charge in [0.2, 0.25) is 0 Å². The molecule has 0 aromatic heterocycles. The summed E-state index contributed by atoms with van der Waals surface area (Å²) in [5, 5.41) is 0. The van der Waals surface area contributed by atoms with Crippen molar-refractivity contribution in [1.29, 1.82) is 0 Å². The second-order valence-corrected chi connectivity index (χ2v) is 2.83. The van der Waals surface area contributed by atoms with E-state index in [4.69, 9.17) is 0 Å². The van der Waals surface area contributed by atoms with E-state index in [2.05, 4.69) is 4.74 Å². The topological polar surface area (TPSA) is 43.4 Å². The minimum atomic E-state index is -1.58. The van der Waals surface area contributed by atoms with Gasteiger partial charge in [0.1, 0.15) is 6.42 Å². The summed E-state index contributed by atoms with van der Waals surface area (Å²) in [5.41, 5.74) is 0. The van der Waals surface area contributed by atoms with Crippen LogP contribution in [0.4, 0.5) is 4.39 Å². The molecule has 3 nitrogen and oxygen atoms in total. The molecular formula is C9H15FO3. The maximum absolute atomic E-state index is 12.3. The zero-order chi connectivity index (χ0) is 10.3. The number of Topliss-reactive ketones (excluding diaryl/α,β-unsaturated/α-hetero) is 1. The molecule has 0 bridgehead atoms. The molecule has 13 heavy (non-hydrogen) atoms. The summed E-state index contributed by atoms with van der Waals surface area (Å²) in [6, 6.07) is 0. The third kappa shape index (κ3) is 6.25. The van der Waals surface area contributed by atoms with Gasteiger partial charge >= 0.3 is 5.97 Å². The van der Waals surface area contributed by atoms with Crippen LogP contribution in [0.3, 0.4) is 0 Å². The Morgan fingerprint density at radius 3 is 2.54 bits per heavy atom. The van der Waals surface area contributed by atoms with Crippen molar-refractivity contribution in [3.8, 4) is 0 Å². The third-order valence-corrected chi connectivity index (χ3v) is 1.52. The van der Waals surface area contributed by atoms with Crippen molar-refractivity contribution in [2.75, 3.05) is 6.61 Å². The van der Waals surface area contributed by atoms with Crippen molar-refractivity contribution >= 4 is 11.8 Å². The Kier molecular flexibility index (Phi) is 6.10. The number of halogens is 1. The van der Waals surface area contributed by atoms with Crippen molar-refractivity contribution in [1.82, 2.24) is 0 Å². The molecule has 0 rings (SSSR count). The number of ether oxygens (including phenoxy) is 1. The van der Waals surface area contributed by atoms with Crippen molar-refractivity contribution < 1.29 is 18.7 Å².